The van der Waals surface area contributed by atoms with Crippen molar-refractivity contribution in [3.8, 4) is 0 Å². The second-order valence-corrected chi connectivity index (χ2v) is 6.87. The summed E-state index contributed by atoms with van der Waals surface area (Å²) >= 11 is 0. The van der Waals surface area contributed by atoms with Gasteiger partial charge in [-0.1, -0.05) is 18.2 Å². The number of methoxy groups -OCH3 is 2. The van der Waals surface area contributed by atoms with Crippen LogP contribution in [0.1, 0.15) is 55.1 Å². The van der Waals surface area contributed by atoms with Crippen molar-refractivity contribution in [3.05, 3.63) is 58.1 Å². The molecule has 1 N–H and O–H groups in total. The maximum absolute atomic E-state index is 12.9. The van der Waals surface area contributed by atoms with Crippen LogP contribution in [0, 0.1) is 13.8 Å². The Morgan fingerprint density at radius 3 is 2.47 bits per heavy atom. The maximum Gasteiger partial charge on any atom is 0.375 e. The molecule has 0 bridgehead atoms. The number of nitrogens with one attached hydrogen (secondary N) is 1. The summed E-state index contributed by atoms with van der Waals surface area (Å²) in [4.78, 5) is 40.5. The molecule has 1 atom stereocenters. The molecule has 0 unspecified atom stereocenters. The van der Waals surface area contributed by atoms with Crippen molar-refractivity contribution in [2.24, 2.45) is 0 Å². The molecule has 2 heterocycles. The van der Waals surface area contributed by atoms with Crippen LogP contribution in [0.5, 0.6) is 0 Å². The van der Waals surface area contributed by atoms with Crippen molar-refractivity contribution in [1.82, 2.24) is 4.98 Å². The first-order chi connectivity index (χ1) is 14.3. The highest BCUT2D eigenvalue weighted by atomic mass is 16.6. The molecular weight excluding hydrogens is 390 g/mol. The molecule has 158 valence electrons. The highest BCUT2D eigenvalue weighted by Gasteiger charge is 2.29. The third kappa shape index (κ3) is 3.73. The summed E-state index contributed by atoms with van der Waals surface area (Å²) in [6, 6.07) is 7.17. The number of ketones is 1. The maximum atomic E-state index is 12.9. The first-order valence-electron chi connectivity index (χ1n) is 9.32. The van der Waals surface area contributed by atoms with Crippen molar-refractivity contribution >= 4 is 28.7 Å². The molecule has 0 aliphatic rings. The third-order valence-corrected chi connectivity index (χ3v) is 4.90. The summed E-state index contributed by atoms with van der Waals surface area (Å²) in [5, 5.41) is 0.740. The van der Waals surface area contributed by atoms with E-state index in [4.69, 9.17) is 18.6 Å². The number of esters is 2. The highest BCUT2D eigenvalue weighted by molar-refractivity contribution is 6.05. The normalized spacial score (nSPS) is 12.0. The van der Waals surface area contributed by atoms with Gasteiger partial charge in [0.25, 0.3) is 0 Å². The first-order valence-corrected chi connectivity index (χ1v) is 9.32. The Morgan fingerprint density at radius 1 is 1.10 bits per heavy atom. The Labute approximate surface area is 173 Å². The van der Waals surface area contributed by atoms with E-state index in [1.807, 2.05) is 12.1 Å². The van der Waals surface area contributed by atoms with Crippen molar-refractivity contribution in [2.45, 2.75) is 33.5 Å². The first kappa shape index (κ1) is 21.3. The molecule has 0 fully saturated rings. The lowest BCUT2D eigenvalue weighted by atomic mass is 10.1. The van der Waals surface area contributed by atoms with Gasteiger partial charge in [-0.3, -0.25) is 4.79 Å². The molecule has 3 aromatic rings. The lowest BCUT2D eigenvalue weighted by Gasteiger charge is -2.12. The standard InChI is InChI=1S/C22H23NO7/c1-11-17(21(25)28-5)12(2)23-18(11)19(24)13(3)29-22(26)20-15(10-27-4)14-8-6-7-9-16(14)30-20/h6-9,13,23H,10H2,1-5H3/t13-/m0/s1. The summed E-state index contributed by atoms with van der Waals surface area (Å²) < 4.78 is 21.0. The van der Waals surface area contributed by atoms with Crippen molar-refractivity contribution < 1.29 is 33.0 Å². The minimum Gasteiger partial charge on any atom is -0.465 e. The van der Waals surface area contributed by atoms with Crippen LogP contribution < -0.4 is 0 Å². The minimum absolute atomic E-state index is 0.00709. The number of aromatic nitrogens is 1. The van der Waals surface area contributed by atoms with Gasteiger partial charge >= 0.3 is 11.9 Å². The number of aromatic amines is 1. The zero-order valence-corrected chi connectivity index (χ0v) is 17.5. The van der Waals surface area contributed by atoms with Gasteiger partial charge in [0.15, 0.2) is 6.10 Å². The average Bonchev–Trinajstić information content (AvgIpc) is 3.24. The topological polar surface area (TPSA) is 108 Å². The molecular formula is C22H23NO7. The van der Waals surface area contributed by atoms with Crippen LogP contribution in [-0.4, -0.2) is 43.0 Å². The summed E-state index contributed by atoms with van der Waals surface area (Å²) in [7, 11) is 2.78. The Hall–Kier alpha value is -3.39. The van der Waals surface area contributed by atoms with Crippen molar-refractivity contribution in [3.63, 3.8) is 0 Å². The van der Waals surface area contributed by atoms with E-state index in [0.29, 0.717) is 28.0 Å². The van der Waals surface area contributed by atoms with Gasteiger partial charge in [0, 0.05) is 23.8 Å². The van der Waals surface area contributed by atoms with Crippen LogP contribution in [0.4, 0.5) is 0 Å². The molecule has 0 radical (unpaired) electrons. The summed E-state index contributed by atoms with van der Waals surface area (Å²) in [6.45, 7) is 4.92. The van der Waals surface area contributed by atoms with E-state index in [1.165, 1.54) is 21.1 Å². The number of para-hydroxylation sites is 1. The van der Waals surface area contributed by atoms with E-state index in [-0.39, 0.29) is 18.1 Å². The van der Waals surface area contributed by atoms with E-state index >= 15 is 0 Å². The smallest absolute Gasteiger partial charge is 0.375 e. The van der Waals surface area contributed by atoms with Gasteiger partial charge in [0.2, 0.25) is 11.5 Å². The monoisotopic (exact) mass is 413 g/mol. The number of hydrogen-bond acceptors (Lipinski definition) is 7. The zero-order valence-electron chi connectivity index (χ0n) is 17.5. The quantitative estimate of drug-likeness (QED) is 0.464. The van der Waals surface area contributed by atoms with E-state index < -0.39 is 23.8 Å². The number of benzene rings is 1. The fourth-order valence-electron chi connectivity index (χ4n) is 3.43. The van der Waals surface area contributed by atoms with E-state index in [1.54, 1.807) is 26.0 Å². The molecule has 0 saturated carbocycles. The van der Waals surface area contributed by atoms with E-state index in [0.717, 1.165) is 5.39 Å². The Bertz CT molecular complexity index is 1120. The summed E-state index contributed by atoms with van der Waals surface area (Å²) in [6.07, 6.45) is -1.11. The predicted octanol–water partition coefficient (Wildman–Crippen LogP) is 3.74. The largest absolute Gasteiger partial charge is 0.465 e. The van der Waals surface area contributed by atoms with Gasteiger partial charge in [-0.25, -0.2) is 9.59 Å². The Morgan fingerprint density at radius 2 is 1.80 bits per heavy atom. The third-order valence-electron chi connectivity index (χ3n) is 4.90. The van der Waals surface area contributed by atoms with Gasteiger partial charge in [-0.15, -0.1) is 0 Å². The van der Waals surface area contributed by atoms with Gasteiger partial charge in [0.1, 0.15) is 5.58 Å². The summed E-state index contributed by atoms with van der Waals surface area (Å²) in [5.41, 5.74) is 2.50. The predicted molar refractivity (Wildman–Crippen MR) is 108 cm³/mol. The fraction of sp³-hybridized carbons (Fsp3) is 0.318. The number of fused-ring (bicyclic) bond motifs is 1. The molecule has 0 saturated heterocycles. The SMILES string of the molecule is COCc1c(C(=O)O[C@@H](C)C(=O)c2[nH]c(C)c(C(=O)OC)c2C)oc2ccccc12. The Balaban J connectivity index is 1.86. The molecule has 30 heavy (non-hydrogen) atoms. The van der Waals surface area contributed by atoms with Crippen LogP contribution in [0.15, 0.2) is 28.7 Å². The Kier molecular flexibility index (Phi) is 6.07. The molecule has 2 aromatic heterocycles. The zero-order chi connectivity index (χ0) is 22.0. The van der Waals surface area contributed by atoms with E-state index in [9.17, 15) is 14.4 Å². The molecule has 8 nitrogen and oxygen atoms in total. The molecule has 1 aromatic carbocycles. The molecule has 0 spiro atoms. The molecule has 0 amide bonds. The van der Waals surface area contributed by atoms with Gasteiger partial charge in [-0.2, -0.15) is 0 Å². The number of aryl methyl sites for hydroxylation is 1. The van der Waals surface area contributed by atoms with Crippen molar-refractivity contribution in [1.29, 1.82) is 0 Å². The van der Waals surface area contributed by atoms with Crippen LogP contribution in [0.25, 0.3) is 11.0 Å². The van der Waals surface area contributed by atoms with Crippen LogP contribution >= 0.6 is 0 Å². The molecule has 3 rings (SSSR count). The fourth-order valence-corrected chi connectivity index (χ4v) is 3.43. The average molecular weight is 413 g/mol. The molecule has 0 aliphatic heterocycles. The number of H-pyrrole nitrogens is 1. The van der Waals surface area contributed by atoms with Gasteiger partial charge < -0.3 is 23.6 Å². The number of ether oxygens (including phenoxy) is 3. The lowest BCUT2D eigenvalue weighted by Crippen LogP contribution is -2.25. The lowest BCUT2D eigenvalue weighted by molar-refractivity contribution is 0.0285. The van der Waals surface area contributed by atoms with Crippen molar-refractivity contribution in [2.75, 3.05) is 14.2 Å². The number of carbonyl (C=O) groups excluding carboxylic acids is 3. The number of carbonyl (C=O) groups is 3. The number of hydrogen-bond donors (Lipinski definition) is 1. The highest BCUT2D eigenvalue weighted by Crippen LogP contribution is 2.28. The van der Waals surface area contributed by atoms with Crippen LogP contribution in [0.2, 0.25) is 0 Å². The molecule has 8 heteroatoms. The van der Waals surface area contributed by atoms with Crippen LogP contribution in [0.3, 0.4) is 0 Å². The van der Waals surface area contributed by atoms with Gasteiger partial charge in [0.05, 0.1) is 25.0 Å². The number of rotatable bonds is 7. The number of furan rings is 1. The van der Waals surface area contributed by atoms with Crippen LogP contribution in [-0.2, 0) is 20.8 Å². The van der Waals surface area contributed by atoms with Gasteiger partial charge in [-0.05, 0) is 32.4 Å². The summed E-state index contributed by atoms with van der Waals surface area (Å²) in [5.74, 6) is -1.79. The minimum atomic E-state index is -1.11. The molecule has 0 aliphatic carbocycles. The van der Waals surface area contributed by atoms with E-state index in [2.05, 4.69) is 4.98 Å². The second-order valence-electron chi connectivity index (χ2n) is 6.87. The number of Topliss-reactive ketones (excluding diaryl/α,β-unsaturated/α-hetero) is 1. The second kappa shape index (κ2) is 8.54.